The van der Waals surface area contributed by atoms with Gasteiger partial charge in [0, 0.05) is 32.0 Å². The summed E-state index contributed by atoms with van der Waals surface area (Å²) in [4.78, 5) is 13.0. The average molecular weight is 286 g/mol. The molecule has 1 rings (SSSR count). The molecule has 0 aromatic carbocycles. The van der Waals surface area contributed by atoms with Crippen molar-refractivity contribution in [2.24, 2.45) is 11.8 Å². The van der Waals surface area contributed by atoms with Crippen molar-refractivity contribution in [1.82, 2.24) is 10.2 Å². The number of likely N-dealkylation sites (tertiary alicyclic amines) is 1. The van der Waals surface area contributed by atoms with Gasteiger partial charge in [-0.1, -0.05) is 13.8 Å². The van der Waals surface area contributed by atoms with Gasteiger partial charge >= 0.3 is 5.97 Å². The first-order chi connectivity index (χ1) is 9.18. The standard InChI is InChI=1S/C15H30N2O3/c1-11(2)7-16-14-6-13(10-20-12(3)18)8-17(9-14)15(4,5)19/h11,13-14,16,19H,6-10H2,1-5H3. The average Bonchev–Trinajstić information content (AvgIpc) is 2.32. The molecule has 0 aliphatic carbocycles. The fourth-order valence-corrected chi connectivity index (χ4v) is 2.56. The van der Waals surface area contributed by atoms with E-state index < -0.39 is 5.72 Å². The predicted molar refractivity (Wildman–Crippen MR) is 79.2 cm³/mol. The highest BCUT2D eigenvalue weighted by Crippen LogP contribution is 2.23. The fraction of sp³-hybridized carbons (Fsp3) is 0.933. The van der Waals surface area contributed by atoms with Crippen LogP contribution in [0.5, 0.6) is 0 Å². The van der Waals surface area contributed by atoms with Crippen LogP contribution in [0.4, 0.5) is 0 Å². The molecule has 0 saturated carbocycles. The fourth-order valence-electron chi connectivity index (χ4n) is 2.56. The summed E-state index contributed by atoms with van der Waals surface area (Å²) in [6.45, 7) is 12.4. The van der Waals surface area contributed by atoms with Gasteiger partial charge in [0.15, 0.2) is 0 Å². The summed E-state index contributed by atoms with van der Waals surface area (Å²) in [6.07, 6.45) is 0.979. The van der Waals surface area contributed by atoms with E-state index in [4.69, 9.17) is 4.74 Å². The van der Waals surface area contributed by atoms with Crippen molar-refractivity contribution in [2.75, 3.05) is 26.2 Å². The Morgan fingerprint density at radius 2 is 2.10 bits per heavy atom. The molecular weight excluding hydrogens is 256 g/mol. The molecule has 0 amide bonds. The van der Waals surface area contributed by atoms with Crippen molar-refractivity contribution in [2.45, 2.75) is 52.8 Å². The van der Waals surface area contributed by atoms with Crippen molar-refractivity contribution < 1.29 is 14.6 Å². The van der Waals surface area contributed by atoms with Gasteiger partial charge in [-0.2, -0.15) is 0 Å². The number of rotatable bonds is 6. The third kappa shape index (κ3) is 6.20. The lowest BCUT2D eigenvalue weighted by molar-refractivity contribution is -0.145. The number of aliphatic hydroxyl groups is 1. The number of nitrogens with zero attached hydrogens (tertiary/aromatic N) is 1. The number of nitrogens with one attached hydrogen (secondary N) is 1. The van der Waals surface area contributed by atoms with Crippen LogP contribution in [0, 0.1) is 11.8 Å². The Balaban J connectivity index is 2.60. The van der Waals surface area contributed by atoms with E-state index in [0.717, 1.165) is 26.1 Å². The molecule has 118 valence electrons. The number of ether oxygens (including phenoxy) is 1. The van der Waals surface area contributed by atoms with Gasteiger partial charge in [0.25, 0.3) is 0 Å². The molecule has 5 heteroatoms. The van der Waals surface area contributed by atoms with Gasteiger partial charge in [-0.25, -0.2) is 0 Å². The second-order valence-corrected chi connectivity index (χ2v) is 6.80. The maximum atomic E-state index is 11.0. The molecule has 0 radical (unpaired) electrons. The predicted octanol–water partition coefficient (Wildman–Crippen LogP) is 1.21. The molecule has 1 fully saturated rings. The molecule has 20 heavy (non-hydrogen) atoms. The first kappa shape index (κ1) is 17.4. The second kappa shape index (κ2) is 7.38. The normalized spacial score (nSPS) is 24.9. The van der Waals surface area contributed by atoms with Gasteiger partial charge in [-0.3, -0.25) is 9.69 Å². The van der Waals surface area contributed by atoms with Crippen LogP contribution in [-0.4, -0.2) is 54.0 Å². The quantitative estimate of drug-likeness (QED) is 0.719. The van der Waals surface area contributed by atoms with Gasteiger partial charge < -0.3 is 15.2 Å². The van der Waals surface area contributed by atoms with E-state index in [9.17, 15) is 9.90 Å². The molecule has 1 aliphatic heterocycles. The number of hydrogen-bond donors (Lipinski definition) is 2. The van der Waals surface area contributed by atoms with Crippen molar-refractivity contribution in [3.8, 4) is 0 Å². The molecule has 1 heterocycles. The minimum Gasteiger partial charge on any atom is -0.466 e. The van der Waals surface area contributed by atoms with Crippen LogP contribution in [0.25, 0.3) is 0 Å². The van der Waals surface area contributed by atoms with Crippen molar-refractivity contribution in [3.05, 3.63) is 0 Å². The first-order valence-electron chi connectivity index (χ1n) is 7.52. The van der Waals surface area contributed by atoms with Gasteiger partial charge in [0.2, 0.25) is 0 Å². The molecule has 5 nitrogen and oxygen atoms in total. The molecule has 2 unspecified atom stereocenters. The van der Waals surface area contributed by atoms with Crippen molar-refractivity contribution in [3.63, 3.8) is 0 Å². The highest BCUT2D eigenvalue weighted by Gasteiger charge is 2.34. The zero-order chi connectivity index (χ0) is 15.3. The molecule has 0 aromatic heterocycles. The van der Waals surface area contributed by atoms with Crippen LogP contribution in [0.3, 0.4) is 0 Å². The van der Waals surface area contributed by atoms with Gasteiger partial charge in [-0.15, -0.1) is 0 Å². The van der Waals surface area contributed by atoms with Crippen LogP contribution < -0.4 is 5.32 Å². The smallest absolute Gasteiger partial charge is 0.302 e. The number of carbonyl (C=O) groups excluding carboxylic acids is 1. The largest absolute Gasteiger partial charge is 0.466 e. The summed E-state index contributed by atoms with van der Waals surface area (Å²) in [5.41, 5.74) is -0.841. The maximum absolute atomic E-state index is 11.0. The van der Waals surface area contributed by atoms with Crippen LogP contribution in [0.1, 0.15) is 41.0 Å². The lowest BCUT2D eigenvalue weighted by atomic mass is 9.93. The molecule has 0 bridgehead atoms. The minimum absolute atomic E-state index is 0.239. The molecule has 1 saturated heterocycles. The number of esters is 1. The summed E-state index contributed by atoms with van der Waals surface area (Å²) in [5, 5.41) is 13.8. The Morgan fingerprint density at radius 1 is 1.45 bits per heavy atom. The third-order valence-corrected chi connectivity index (χ3v) is 3.65. The van der Waals surface area contributed by atoms with Crippen molar-refractivity contribution >= 4 is 5.97 Å². The summed E-state index contributed by atoms with van der Waals surface area (Å²) in [7, 11) is 0. The van der Waals surface area contributed by atoms with E-state index in [2.05, 4.69) is 24.1 Å². The molecular formula is C15H30N2O3. The van der Waals surface area contributed by atoms with Gasteiger partial charge in [0.1, 0.15) is 5.72 Å². The van der Waals surface area contributed by atoms with E-state index in [0.29, 0.717) is 18.6 Å². The zero-order valence-electron chi connectivity index (χ0n) is 13.5. The molecule has 2 N–H and O–H groups in total. The number of piperidine rings is 1. The van der Waals surface area contributed by atoms with Gasteiger partial charge in [0.05, 0.1) is 6.61 Å². The molecule has 2 atom stereocenters. The minimum atomic E-state index is -0.841. The Kier molecular flexibility index (Phi) is 6.43. The lowest BCUT2D eigenvalue weighted by Gasteiger charge is -2.44. The third-order valence-electron chi connectivity index (χ3n) is 3.65. The highest BCUT2D eigenvalue weighted by atomic mass is 16.5. The highest BCUT2D eigenvalue weighted by molar-refractivity contribution is 5.65. The topological polar surface area (TPSA) is 61.8 Å². The summed E-state index contributed by atoms with van der Waals surface area (Å²) in [5.74, 6) is 0.625. The number of hydrogen-bond acceptors (Lipinski definition) is 5. The van der Waals surface area contributed by atoms with Crippen LogP contribution in [0.15, 0.2) is 0 Å². The zero-order valence-corrected chi connectivity index (χ0v) is 13.5. The van der Waals surface area contributed by atoms with E-state index >= 15 is 0 Å². The number of carbonyl (C=O) groups is 1. The molecule has 1 aliphatic rings. The lowest BCUT2D eigenvalue weighted by Crippen LogP contribution is -2.57. The van der Waals surface area contributed by atoms with E-state index in [1.54, 1.807) is 13.8 Å². The Labute approximate surface area is 122 Å². The summed E-state index contributed by atoms with van der Waals surface area (Å²) >= 11 is 0. The maximum Gasteiger partial charge on any atom is 0.302 e. The van der Waals surface area contributed by atoms with E-state index in [-0.39, 0.29) is 11.9 Å². The Hall–Kier alpha value is -0.650. The molecule has 0 spiro atoms. The van der Waals surface area contributed by atoms with E-state index in [1.165, 1.54) is 6.92 Å². The summed E-state index contributed by atoms with van der Waals surface area (Å²) in [6, 6.07) is 0.332. The van der Waals surface area contributed by atoms with Crippen molar-refractivity contribution in [1.29, 1.82) is 0 Å². The summed E-state index contributed by atoms with van der Waals surface area (Å²) < 4.78 is 5.14. The monoisotopic (exact) mass is 286 g/mol. The molecule has 0 aromatic rings. The Morgan fingerprint density at radius 3 is 2.60 bits per heavy atom. The Bertz CT molecular complexity index is 313. The first-order valence-corrected chi connectivity index (χ1v) is 7.52. The second-order valence-electron chi connectivity index (χ2n) is 6.80. The van der Waals surface area contributed by atoms with Crippen LogP contribution >= 0.6 is 0 Å². The SMILES string of the molecule is CC(=O)OCC1CC(NCC(C)C)CN(C(C)(C)O)C1. The van der Waals surface area contributed by atoms with Crippen LogP contribution in [0.2, 0.25) is 0 Å². The van der Waals surface area contributed by atoms with Gasteiger partial charge in [-0.05, 0) is 32.7 Å². The van der Waals surface area contributed by atoms with E-state index in [1.807, 2.05) is 0 Å². The van der Waals surface area contributed by atoms with Crippen LogP contribution in [-0.2, 0) is 9.53 Å².